The molecule has 0 radical (unpaired) electrons. The summed E-state index contributed by atoms with van der Waals surface area (Å²) in [5, 5.41) is 0. The molecule has 1 N–H and O–H groups in total. The van der Waals surface area contributed by atoms with Gasteiger partial charge < -0.3 is 4.90 Å². The number of nitrogens with zero attached hydrogens (tertiary/aromatic N) is 1. The Bertz CT molecular complexity index is 466. The van der Waals surface area contributed by atoms with Gasteiger partial charge in [-0.25, -0.2) is 0 Å². The third-order valence-electron chi connectivity index (χ3n) is 3.29. The first-order chi connectivity index (χ1) is 8.57. The number of amides is 1. The van der Waals surface area contributed by atoms with Crippen molar-refractivity contribution in [1.82, 2.24) is 10.4 Å². The highest BCUT2D eigenvalue weighted by molar-refractivity contribution is 5.95. The summed E-state index contributed by atoms with van der Waals surface area (Å²) < 4.78 is 0. The van der Waals surface area contributed by atoms with Crippen LogP contribution in [0.2, 0.25) is 0 Å². The van der Waals surface area contributed by atoms with Crippen molar-refractivity contribution in [2.45, 2.75) is 19.4 Å². The highest BCUT2D eigenvalue weighted by Crippen LogP contribution is 2.29. The van der Waals surface area contributed by atoms with Crippen molar-refractivity contribution < 1.29 is 9.63 Å². The van der Waals surface area contributed by atoms with Gasteiger partial charge in [-0.1, -0.05) is 18.2 Å². The molecule has 1 aliphatic rings. The van der Waals surface area contributed by atoms with Crippen LogP contribution in [0.25, 0.3) is 0 Å². The first-order valence-electron chi connectivity index (χ1n) is 5.94. The summed E-state index contributed by atoms with van der Waals surface area (Å²) in [6.45, 7) is 4.59. The standard InChI is InChI=1S/C14H18N2O2/c1-14(2)12(15-18-3)9-10-16(14)13(17)11-7-5-4-6-8-11/h4-9,15H,10H2,1-3H3. The first kappa shape index (κ1) is 12.6. The van der Waals surface area contributed by atoms with Gasteiger partial charge in [0.05, 0.1) is 18.3 Å². The van der Waals surface area contributed by atoms with Crippen LogP contribution in [0.4, 0.5) is 0 Å². The number of hydrogen-bond donors (Lipinski definition) is 1. The van der Waals surface area contributed by atoms with Gasteiger partial charge in [0.2, 0.25) is 0 Å². The quantitative estimate of drug-likeness (QED) is 0.829. The summed E-state index contributed by atoms with van der Waals surface area (Å²) >= 11 is 0. The molecule has 0 spiro atoms. The fourth-order valence-electron chi connectivity index (χ4n) is 2.16. The van der Waals surface area contributed by atoms with Crippen LogP contribution in [0.1, 0.15) is 24.2 Å². The summed E-state index contributed by atoms with van der Waals surface area (Å²) in [4.78, 5) is 19.2. The highest BCUT2D eigenvalue weighted by Gasteiger charge is 2.38. The van der Waals surface area contributed by atoms with E-state index in [4.69, 9.17) is 4.84 Å². The molecule has 2 rings (SSSR count). The zero-order chi connectivity index (χ0) is 13.2. The van der Waals surface area contributed by atoms with E-state index in [9.17, 15) is 4.79 Å². The van der Waals surface area contributed by atoms with E-state index in [1.165, 1.54) is 0 Å². The topological polar surface area (TPSA) is 41.6 Å². The largest absolute Gasteiger partial charge is 0.324 e. The first-order valence-corrected chi connectivity index (χ1v) is 5.94. The zero-order valence-electron chi connectivity index (χ0n) is 10.9. The van der Waals surface area contributed by atoms with Crippen molar-refractivity contribution in [3.05, 3.63) is 47.7 Å². The average Bonchev–Trinajstić information content (AvgIpc) is 2.66. The molecule has 1 aliphatic heterocycles. The van der Waals surface area contributed by atoms with Crippen molar-refractivity contribution in [2.24, 2.45) is 0 Å². The lowest BCUT2D eigenvalue weighted by Gasteiger charge is -2.34. The van der Waals surface area contributed by atoms with Gasteiger partial charge in [0.1, 0.15) is 0 Å². The predicted octanol–water partition coefficient (Wildman–Crippen LogP) is 1.96. The number of nitrogens with one attached hydrogen (secondary N) is 1. The fourth-order valence-corrected chi connectivity index (χ4v) is 2.16. The molecule has 0 aliphatic carbocycles. The molecule has 1 aromatic rings. The number of benzene rings is 1. The minimum Gasteiger partial charge on any atom is -0.324 e. The molecule has 4 nitrogen and oxygen atoms in total. The van der Waals surface area contributed by atoms with Crippen molar-refractivity contribution in [2.75, 3.05) is 13.7 Å². The molecule has 0 aromatic heterocycles. The number of rotatable bonds is 3. The molecule has 1 amide bonds. The summed E-state index contributed by atoms with van der Waals surface area (Å²) in [7, 11) is 1.57. The van der Waals surface area contributed by atoms with Gasteiger partial charge in [0.15, 0.2) is 0 Å². The van der Waals surface area contributed by atoms with E-state index in [2.05, 4.69) is 5.48 Å². The second-order valence-corrected chi connectivity index (χ2v) is 4.76. The molecule has 0 saturated heterocycles. The van der Waals surface area contributed by atoms with Crippen LogP contribution in [0, 0.1) is 0 Å². The van der Waals surface area contributed by atoms with Gasteiger partial charge >= 0.3 is 0 Å². The molecule has 0 saturated carbocycles. The Labute approximate surface area is 107 Å². The fraction of sp³-hybridized carbons (Fsp3) is 0.357. The molecular weight excluding hydrogens is 228 g/mol. The second-order valence-electron chi connectivity index (χ2n) is 4.76. The second kappa shape index (κ2) is 4.82. The van der Waals surface area contributed by atoms with E-state index in [1.54, 1.807) is 7.11 Å². The minimum absolute atomic E-state index is 0.0322. The lowest BCUT2D eigenvalue weighted by molar-refractivity contribution is 0.0580. The van der Waals surface area contributed by atoms with E-state index >= 15 is 0 Å². The van der Waals surface area contributed by atoms with Crippen LogP contribution < -0.4 is 5.48 Å². The van der Waals surface area contributed by atoms with Crippen LogP contribution >= 0.6 is 0 Å². The maximum Gasteiger partial charge on any atom is 0.254 e. The van der Waals surface area contributed by atoms with E-state index in [0.29, 0.717) is 12.1 Å². The molecule has 96 valence electrons. The van der Waals surface area contributed by atoms with Crippen molar-refractivity contribution in [1.29, 1.82) is 0 Å². The molecule has 0 atom stereocenters. The normalized spacial score (nSPS) is 17.5. The van der Waals surface area contributed by atoms with Crippen LogP contribution in [-0.2, 0) is 4.84 Å². The van der Waals surface area contributed by atoms with Crippen LogP contribution in [0.15, 0.2) is 42.1 Å². The minimum atomic E-state index is -0.386. The zero-order valence-corrected chi connectivity index (χ0v) is 10.9. The van der Waals surface area contributed by atoms with Gasteiger partial charge in [-0.15, -0.1) is 0 Å². The lowest BCUT2D eigenvalue weighted by atomic mass is 10.0. The lowest BCUT2D eigenvalue weighted by Crippen LogP contribution is -2.47. The summed E-state index contributed by atoms with van der Waals surface area (Å²) in [6, 6.07) is 9.32. The molecule has 1 aromatic carbocycles. The van der Waals surface area contributed by atoms with Crippen LogP contribution in [0.3, 0.4) is 0 Å². The maximum atomic E-state index is 12.4. The smallest absolute Gasteiger partial charge is 0.254 e. The Kier molecular flexibility index (Phi) is 3.39. The summed E-state index contributed by atoms with van der Waals surface area (Å²) in [5.74, 6) is 0.0322. The van der Waals surface area contributed by atoms with Gasteiger partial charge in [-0.05, 0) is 32.1 Å². The Morgan fingerprint density at radius 2 is 2.00 bits per heavy atom. The third-order valence-corrected chi connectivity index (χ3v) is 3.29. The van der Waals surface area contributed by atoms with Crippen LogP contribution in [-0.4, -0.2) is 30.0 Å². The van der Waals surface area contributed by atoms with Gasteiger partial charge in [0, 0.05) is 12.1 Å². The highest BCUT2D eigenvalue weighted by atomic mass is 16.6. The average molecular weight is 246 g/mol. The number of carbonyl (C=O) groups is 1. The Morgan fingerprint density at radius 3 is 2.61 bits per heavy atom. The van der Waals surface area contributed by atoms with E-state index in [1.807, 2.05) is 55.2 Å². The van der Waals surface area contributed by atoms with Crippen LogP contribution in [0.5, 0.6) is 0 Å². The molecule has 0 fully saturated rings. The maximum absolute atomic E-state index is 12.4. The summed E-state index contributed by atoms with van der Waals surface area (Å²) in [5.41, 5.74) is 4.07. The van der Waals surface area contributed by atoms with E-state index in [-0.39, 0.29) is 11.4 Å². The Hall–Kier alpha value is -1.81. The van der Waals surface area contributed by atoms with Crippen molar-refractivity contribution in [3.63, 3.8) is 0 Å². The molecule has 0 unspecified atom stereocenters. The van der Waals surface area contributed by atoms with Gasteiger partial charge in [-0.3, -0.25) is 15.1 Å². The molecule has 4 heteroatoms. The van der Waals surface area contributed by atoms with Gasteiger partial charge in [0.25, 0.3) is 5.91 Å². The summed E-state index contributed by atoms with van der Waals surface area (Å²) in [6.07, 6.45) is 1.98. The third kappa shape index (κ3) is 2.11. The monoisotopic (exact) mass is 246 g/mol. The molecule has 1 heterocycles. The number of hydrogen-bond acceptors (Lipinski definition) is 3. The predicted molar refractivity (Wildman–Crippen MR) is 69.8 cm³/mol. The van der Waals surface area contributed by atoms with E-state index in [0.717, 1.165) is 5.70 Å². The van der Waals surface area contributed by atoms with Crippen molar-refractivity contribution >= 4 is 5.91 Å². The molecular formula is C14H18N2O2. The number of hydroxylamine groups is 1. The Balaban J connectivity index is 2.20. The number of carbonyl (C=O) groups excluding carboxylic acids is 1. The molecule has 18 heavy (non-hydrogen) atoms. The molecule has 0 bridgehead atoms. The van der Waals surface area contributed by atoms with Gasteiger partial charge in [-0.2, -0.15) is 0 Å². The van der Waals surface area contributed by atoms with E-state index < -0.39 is 0 Å². The SMILES string of the molecule is CONC1=CCN(C(=O)c2ccccc2)C1(C)C. The van der Waals surface area contributed by atoms with Crippen molar-refractivity contribution in [3.8, 4) is 0 Å². The Morgan fingerprint density at radius 1 is 1.33 bits per heavy atom.